The van der Waals surface area contributed by atoms with Crippen LogP contribution >= 0.6 is 0 Å². The fraction of sp³-hybridized carbons (Fsp3) is 0.925. The molecule has 0 aliphatic rings. The first-order valence-electron chi connectivity index (χ1n) is 19.6. The molecule has 2 nitrogen and oxygen atoms in total. The molecule has 0 aliphatic heterocycles. The van der Waals surface area contributed by atoms with Crippen LogP contribution in [0.1, 0.15) is 238 Å². The Labute approximate surface area is 265 Å². The average molecular weight is 591 g/mol. The second kappa shape index (κ2) is 38.2. The van der Waals surface area contributed by atoms with Crippen molar-refractivity contribution in [1.82, 2.24) is 0 Å². The molecule has 2 heteroatoms. The Balaban J connectivity index is 3.07. The van der Waals surface area contributed by atoms with Gasteiger partial charge in [-0.1, -0.05) is 212 Å². The Bertz CT molecular complexity index is 526. The van der Waals surface area contributed by atoms with Gasteiger partial charge in [0.1, 0.15) is 0 Å². The molecular formula is C40H78O2. The summed E-state index contributed by atoms with van der Waals surface area (Å²) >= 11 is 0. The average Bonchev–Trinajstić information content (AvgIpc) is 2.98. The third kappa shape index (κ3) is 39.2. The van der Waals surface area contributed by atoms with Gasteiger partial charge in [-0.2, -0.15) is 0 Å². The van der Waals surface area contributed by atoms with Gasteiger partial charge in [-0.25, -0.2) is 0 Å². The number of carboxylic acids is 1. The van der Waals surface area contributed by atoms with Crippen molar-refractivity contribution in [1.29, 1.82) is 0 Å². The molecule has 1 N–H and O–H groups in total. The maximum Gasteiger partial charge on any atom is 0.303 e. The summed E-state index contributed by atoms with van der Waals surface area (Å²) in [4.78, 5) is 10.5. The molecule has 0 spiro atoms. The van der Waals surface area contributed by atoms with E-state index in [1.807, 2.05) is 0 Å². The van der Waals surface area contributed by atoms with E-state index in [4.69, 9.17) is 5.11 Å². The van der Waals surface area contributed by atoms with E-state index >= 15 is 0 Å². The summed E-state index contributed by atoms with van der Waals surface area (Å²) in [5.74, 6) is -0.648. The summed E-state index contributed by atoms with van der Waals surface area (Å²) < 4.78 is 0. The van der Waals surface area contributed by atoms with Crippen molar-refractivity contribution in [2.24, 2.45) is 0 Å². The zero-order chi connectivity index (χ0) is 30.4. The maximum atomic E-state index is 10.5. The molecule has 0 saturated heterocycles. The second-order valence-electron chi connectivity index (χ2n) is 13.5. The molecule has 0 aromatic heterocycles. The standard InChI is InChI=1S/C40H78O2/c1-2-3-4-5-6-7-8-9-10-11-12-13-14-15-16-17-18-19-20-21-22-23-24-25-26-27-28-29-30-31-32-33-34-35-36-37-38-39-40(41)42/h11-12H,2-10,13-39H2,1H3,(H,41,42)/b12-11-. The van der Waals surface area contributed by atoms with Crippen molar-refractivity contribution in [3.05, 3.63) is 12.2 Å². The zero-order valence-corrected chi connectivity index (χ0v) is 29.0. The van der Waals surface area contributed by atoms with Gasteiger partial charge in [0.15, 0.2) is 0 Å². The maximum absolute atomic E-state index is 10.5. The van der Waals surface area contributed by atoms with E-state index in [-0.39, 0.29) is 0 Å². The third-order valence-electron chi connectivity index (χ3n) is 9.15. The molecule has 0 aromatic carbocycles. The molecular weight excluding hydrogens is 512 g/mol. The molecule has 0 bridgehead atoms. The predicted octanol–water partition coefficient (Wildman–Crippen LogP) is 14.7. The number of unbranched alkanes of at least 4 members (excludes halogenated alkanes) is 33. The van der Waals surface area contributed by atoms with Crippen LogP contribution in [0.5, 0.6) is 0 Å². The number of aliphatic carboxylic acids is 1. The van der Waals surface area contributed by atoms with Crippen LogP contribution in [0.25, 0.3) is 0 Å². The number of rotatable bonds is 37. The number of carbonyl (C=O) groups is 1. The Morgan fingerprint density at radius 3 is 0.810 bits per heavy atom. The lowest BCUT2D eigenvalue weighted by Crippen LogP contribution is -1.93. The van der Waals surface area contributed by atoms with Crippen molar-refractivity contribution < 1.29 is 9.90 Å². The Hall–Kier alpha value is -0.790. The van der Waals surface area contributed by atoms with Gasteiger partial charge in [-0.15, -0.1) is 0 Å². The van der Waals surface area contributed by atoms with Crippen LogP contribution in [-0.4, -0.2) is 11.1 Å². The minimum absolute atomic E-state index is 0.346. The first-order chi connectivity index (χ1) is 20.8. The Kier molecular flexibility index (Phi) is 37.5. The van der Waals surface area contributed by atoms with Crippen LogP contribution in [-0.2, 0) is 4.79 Å². The zero-order valence-electron chi connectivity index (χ0n) is 29.0. The number of hydrogen-bond acceptors (Lipinski definition) is 1. The van der Waals surface area contributed by atoms with E-state index in [1.54, 1.807) is 0 Å². The summed E-state index contributed by atoms with van der Waals surface area (Å²) in [5, 5.41) is 8.64. The topological polar surface area (TPSA) is 37.3 Å². The second-order valence-corrected chi connectivity index (χ2v) is 13.5. The van der Waals surface area contributed by atoms with Gasteiger partial charge >= 0.3 is 5.97 Å². The molecule has 0 aliphatic carbocycles. The minimum atomic E-state index is -0.648. The fourth-order valence-electron chi connectivity index (χ4n) is 6.24. The van der Waals surface area contributed by atoms with E-state index in [2.05, 4.69) is 19.1 Å². The minimum Gasteiger partial charge on any atom is -0.481 e. The normalized spacial score (nSPS) is 11.6. The van der Waals surface area contributed by atoms with Crippen LogP contribution in [0.2, 0.25) is 0 Å². The number of carboxylic acid groups (broad SMARTS) is 1. The molecule has 0 heterocycles. The monoisotopic (exact) mass is 591 g/mol. The van der Waals surface area contributed by atoms with E-state index in [0.29, 0.717) is 6.42 Å². The molecule has 42 heavy (non-hydrogen) atoms. The van der Waals surface area contributed by atoms with Crippen LogP contribution in [0.4, 0.5) is 0 Å². The van der Waals surface area contributed by atoms with Crippen LogP contribution in [0.15, 0.2) is 12.2 Å². The summed E-state index contributed by atoms with van der Waals surface area (Å²) in [5.41, 5.74) is 0. The lowest BCUT2D eigenvalue weighted by atomic mass is 10.0. The lowest BCUT2D eigenvalue weighted by molar-refractivity contribution is -0.137. The highest BCUT2D eigenvalue weighted by Crippen LogP contribution is 2.16. The molecule has 0 radical (unpaired) electrons. The van der Waals surface area contributed by atoms with Crippen LogP contribution < -0.4 is 0 Å². The molecule has 250 valence electrons. The Morgan fingerprint density at radius 1 is 0.357 bits per heavy atom. The highest BCUT2D eigenvalue weighted by Gasteiger charge is 1.98. The van der Waals surface area contributed by atoms with Crippen molar-refractivity contribution in [2.75, 3.05) is 0 Å². The predicted molar refractivity (Wildman–Crippen MR) is 189 cm³/mol. The van der Waals surface area contributed by atoms with E-state index in [9.17, 15) is 4.79 Å². The SMILES string of the molecule is CCCCCCCCCC/C=C\CCCCCCCCCCCCCCCCCCCCCCCCCCCC(=O)O. The summed E-state index contributed by atoms with van der Waals surface area (Å²) in [6.45, 7) is 2.30. The Morgan fingerprint density at radius 2 is 0.571 bits per heavy atom. The highest BCUT2D eigenvalue weighted by atomic mass is 16.4. The summed E-state index contributed by atoms with van der Waals surface area (Å²) in [6, 6.07) is 0. The first-order valence-corrected chi connectivity index (χ1v) is 19.6. The molecule has 0 aromatic rings. The van der Waals surface area contributed by atoms with Gasteiger partial charge in [0.2, 0.25) is 0 Å². The molecule has 0 fully saturated rings. The largest absolute Gasteiger partial charge is 0.481 e. The van der Waals surface area contributed by atoms with Crippen LogP contribution in [0.3, 0.4) is 0 Å². The lowest BCUT2D eigenvalue weighted by Gasteiger charge is -2.04. The summed E-state index contributed by atoms with van der Waals surface area (Å²) in [7, 11) is 0. The quantitative estimate of drug-likeness (QED) is 0.0577. The van der Waals surface area contributed by atoms with Crippen molar-refractivity contribution in [3.63, 3.8) is 0 Å². The molecule has 0 amide bonds. The first kappa shape index (κ1) is 41.2. The molecule has 0 unspecified atom stereocenters. The van der Waals surface area contributed by atoms with Gasteiger partial charge in [-0.3, -0.25) is 4.79 Å². The van der Waals surface area contributed by atoms with Gasteiger partial charge in [-0.05, 0) is 32.1 Å². The fourth-order valence-corrected chi connectivity index (χ4v) is 6.24. The highest BCUT2D eigenvalue weighted by molar-refractivity contribution is 5.66. The molecule has 0 saturated carbocycles. The van der Waals surface area contributed by atoms with Crippen molar-refractivity contribution in [2.45, 2.75) is 238 Å². The van der Waals surface area contributed by atoms with E-state index in [1.165, 1.54) is 212 Å². The van der Waals surface area contributed by atoms with Crippen molar-refractivity contribution >= 4 is 5.97 Å². The van der Waals surface area contributed by atoms with Gasteiger partial charge in [0, 0.05) is 6.42 Å². The van der Waals surface area contributed by atoms with E-state index in [0.717, 1.165) is 12.8 Å². The van der Waals surface area contributed by atoms with Crippen molar-refractivity contribution in [3.8, 4) is 0 Å². The summed E-state index contributed by atoms with van der Waals surface area (Å²) in [6.07, 6.45) is 53.9. The number of hydrogen-bond donors (Lipinski definition) is 1. The number of allylic oxidation sites excluding steroid dienone is 2. The van der Waals surface area contributed by atoms with Gasteiger partial charge in [0.25, 0.3) is 0 Å². The smallest absolute Gasteiger partial charge is 0.303 e. The molecule has 0 atom stereocenters. The van der Waals surface area contributed by atoms with E-state index < -0.39 is 5.97 Å². The van der Waals surface area contributed by atoms with Crippen LogP contribution in [0, 0.1) is 0 Å². The van der Waals surface area contributed by atoms with Gasteiger partial charge in [0.05, 0.1) is 0 Å². The molecule has 0 rings (SSSR count). The van der Waals surface area contributed by atoms with Gasteiger partial charge < -0.3 is 5.11 Å². The third-order valence-corrected chi connectivity index (χ3v) is 9.15.